The zero-order valence-electron chi connectivity index (χ0n) is 11.1. The summed E-state index contributed by atoms with van der Waals surface area (Å²) in [4.78, 5) is 6.52. The van der Waals surface area contributed by atoms with Crippen LogP contribution in [0.4, 0.5) is 5.82 Å². The Hall–Kier alpha value is -1.13. The fourth-order valence-electron chi connectivity index (χ4n) is 1.68. The molecule has 1 atom stereocenters. The monoisotopic (exact) mass is 238 g/mol. The van der Waals surface area contributed by atoms with Gasteiger partial charge in [-0.15, -0.1) is 0 Å². The Morgan fingerprint density at radius 2 is 2.12 bits per heavy atom. The minimum absolute atomic E-state index is 0.349. The van der Waals surface area contributed by atoms with Gasteiger partial charge in [-0.3, -0.25) is 0 Å². The molecule has 1 rings (SSSR count). The van der Waals surface area contributed by atoms with Gasteiger partial charge in [0.05, 0.1) is 12.7 Å². The van der Waals surface area contributed by atoms with E-state index in [4.69, 9.17) is 4.74 Å². The van der Waals surface area contributed by atoms with E-state index in [2.05, 4.69) is 23.7 Å². The summed E-state index contributed by atoms with van der Waals surface area (Å²) >= 11 is 0. The lowest BCUT2D eigenvalue weighted by Crippen LogP contribution is -2.34. The minimum Gasteiger partial charge on any atom is -0.389 e. The van der Waals surface area contributed by atoms with E-state index in [1.807, 2.05) is 12.1 Å². The number of anilines is 1. The van der Waals surface area contributed by atoms with E-state index in [9.17, 15) is 5.11 Å². The van der Waals surface area contributed by atoms with E-state index in [1.165, 1.54) is 0 Å². The van der Waals surface area contributed by atoms with Crippen molar-refractivity contribution < 1.29 is 9.84 Å². The summed E-state index contributed by atoms with van der Waals surface area (Å²) in [5.41, 5.74) is 0.887. The van der Waals surface area contributed by atoms with Crippen LogP contribution in [-0.2, 0) is 4.74 Å². The average Bonchev–Trinajstić information content (AvgIpc) is 2.29. The predicted molar refractivity (Wildman–Crippen MR) is 69.2 cm³/mol. The third kappa shape index (κ3) is 3.98. The summed E-state index contributed by atoms with van der Waals surface area (Å²) in [6.07, 6.45) is 1.27. The summed E-state index contributed by atoms with van der Waals surface area (Å²) in [5, 5.41) is 9.57. The smallest absolute Gasteiger partial charge is 0.129 e. The number of aliphatic hydroxyl groups is 1. The van der Waals surface area contributed by atoms with Crippen LogP contribution >= 0.6 is 0 Å². The third-order valence-corrected chi connectivity index (χ3v) is 2.71. The quantitative estimate of drug-likeness (QED) is 0.823. The van der Waals surface area contributed by atoms with Crippen LogP contribution in [0.1, 0.15) is 32.4 Å². The summed E-state index contributed by atoms with van der Waals surface area (Å²) in [7, 11) is 1.69. The Bertz CT molecular complexity index is 340. The molecule has 1 aromatic rings. The first kappa shape index (κ1) is 13.9. The number of nitrogens with zero attached hydrogens (tertiary/aromatic N) is 2. The Morgan fingerprint density at radius 1 is 1.41 bits per heavy atom. The molecular formula is C13H22N2O2. The molecular weight excluding hydrogens is 216 g/mol. The highest BCUT2D eigenvalue weighted by molar-refractivity contribution is 5.42. The van der Waals surface area contributed by atoms with E-state index >= 15 is 0 Å². The molecule has 0 unspecified atom stereocenters. The maximum Gasteiger partial charge on any atom is 0.129 e. The van der Waals surface area contributed by atoms with Crippen LogP contribution in [0.3, 0.4) is 0 Å². The lowest BCUT2D eigenvalue weighted by atomic mass is 10.1. The second kappa shape index (κ2) is 6.57. The van der Waals surface area contributed by atoms with Gasteiger partial charge < -0.3 is 14.7 Å². The van der Waals surface area contributed by atoms with E-state index in [0.717, 1.165) is 17.9 Å². The average molecular weight is 238 g/mol. The van der Waals surface area contributed by atoms with Gasteiger partial charge in [-0.1, -0.05) is 0 Å². The molecule has 0 amide bonds. The van der Waals surface area contributed by atoms with E-state index < -0.39 is 6.10 Å². The summed E-state index contributed by atoms with van der Waals surface area (Å²) < 4.78 is 5.10. The molecule has 4 nitrogen and oxygen atoms in total. The molecule has 1 aromatic heterocycles. The third-order valence-electron chi connectivity index (χ3n) is 2.71. The topological polar surface area (TPSA) is 45.6 Å². The number of pyridine rings is 1. The van der Waals surface area contributed by atoms with Gasteiger partial charge in [-0.05, 0) is 38.5 Å². The standard InChI is InChI=1S/C13H22N2O2/c1-10(2)15(7-8-17-4)13-9-12(11(3)16)5-6-14-13/h5-6,9-11,16H,7-8H2,1-4H3/t11-/m0/s1. The largest absolute Gasteiger partial charge is 0.389 e. The van der Waals surface area contributed by atoms with Crippen LogP contribution in [0.2, 0.25) is 0 Å². The molecule has 1 N–H and O–H groups in total. The van der Waals surface area contributed by atoms with Gasteiger partial charge in [0.15, 0.2) is 0 Å². The lowest BCUT2D eigenvalue weighted by molar-refractivity contribution is 0.199. The zero-order valence-corrected chi connectivity index (χ0v) is 11.1. The van der Waals surface area contributed by atoms with Crippen molar-refractivity contribution in [1.82, 2.24) is 4.98 Å². The molecule has 0 saturated carbocycles. The summed E-state index contributed by atoms with van der Waals surface area (Å²) in [6, 6.07) is 4.12. The number of hydrogen-bond acceptors (Lipinski definition) is 4. The Kier molecular flexibility index (Phi) is 5.38. The van der Waals surface area contributed by atoms with Crippen molar-refractivity contribution in [2.24, 2.45) is 0 Å². The Balaban J connectivity index is 2.89. The Labute approximate surface area is 103 Å². The maximum absolute atomic E-state index is 9.57. The predicted octanol–water partition coefficient (Wildman–Crippen LogP) is 2.00. The molecule has 0 aromatic carbocycles. The first-order valence-corrected chi connectivity index (χ1v) is 5.96. The summed E-state index contributed by atoms with van der Waals surface area (Å²) in [5.74, 6) is 0.885. The van der Waals surface area contributed by atoms with Crippen molar-refractivity contribution in [1.29, 1.82) is 0 Å². The van der Waals surface area contributed by atoms with Gasteiger partial charge in [0.25, 0.3) is 0 Å². The number of hydrogen-bond donors (Lipinski definition) is 1. The highest BCUT2D eigenvalue weighted by Crippen LogP contribution is 2.19. The molecule has 4 heteroatoms. The second-order valence-electron chi connectivity index (χ2n) is 4.40. The lowest BCUT2D eigenvalue weighted by Gasteiger charge is -2.28. The van der Waals surface area contributed by atoms with Crippen LogP contribution in [0.5, 0.6) is 0 Å². The van der Waals surface area contributed by atoms with Gasteiger partial charge in [0, 0.05) is 25.9 Å². The fraction of sp³-hybridized carbons (Fsp3) is 0.615. The van der Waals surface area contributed by atoms with Crippen molar-refractivity contribution in [2.45, 2.75) is 32.9 Å². The second-order valence-corrected chi connectivity index (χ2v) is 4.40. The molecule has 0 bridgehead atoms. The van der Waals surface area contributed by atoms with Gasteiger partial charge in [0.2, 0.25) is 0 Å². The first-order chi connectivity index (χ1) is 8.06. The number of rotatable bonds is 6. The van der Waals surface area contributed by atoms with Crippen molar-refractivity contribution in [3.63, 3.8) is 0 Å². The SMILES string of the molecule is COCCN(c1cc([C@H](C)O)ccn1)C(C)C. The number of aliphatic hydroxyl groups excluding tert-OH is 1. The molecule has 17 heavy (non-hydrogen) atoms. The van der Waals surface area contributed by atoms with Crippen LogP contribution in [0.25, 0.3) is 0 Å². The van der Waals surface area contributed by atoms with Crippen molar-refractivity contribution in [2.75, 3.05) is 25.2 Å². The van der Waals surface area contributed by atoms with Crippen LogP contribution in [0, 0.1) is 0 Å². The molecule has 0 spiro atoms. The normalized spacial score (nSPS) is 12.8. The van der Waals surface area contributed by atoms with Crippen molar-refractivity contribution in [3.05, 3.63) is 23.9 Å². The van der Waals surface area contributed by atoms with E-state index in [1.54, 1.807) is 20.2 Å². The molecule has 0 aliphatic heterocycles. The molecule has 1 heterocycles. The van der Waals surface area contributed by atoms with Gasteiger partial charge in [-0.2, -0.15) is 0 Å². The van der Waals surface area contributed by atoms with Gasteiger partial charge >= 0.3 is 0 Å². The Morgan fingerprint density at radius 3 is 2.65 bits per heavy atom. The first-order valence-electron chi connectivity index (χ1n) is 5.96. The molecule has 0 fully saturated rings. The maximum atomic E-state index is 9.57. The van der Waals surface area contributed by atoms with Gasteiger partial charge in [-0.25, -0.2) is 4.98 Å². The van der Waals surface area contributed by atoms with Gasteiger partial charge in [0.1, 0.15) is 5.82 Å². The summed E-state index contributed by atoms with van der Waals surface area (Å²) in [6.45, 7) is 7.45. The van der Waals surface area contributed by atoms with E-state index in [0.29, 0.717) is 12.6 Å². The highest BCUT2D eigenvalue weighted by atomic mass is 16.5. The number of methoxy groups -OCH3 is 1. The molecule has 0 aliphatic carbocycles. The van der Waals surface area contributed by atoms with Crippen molar-refractivity contribution >= 4 is 5.82 Å². The molecule has 0 radical (unpaired) electrons. The van der Waals surface area contributed by atoms with Crippen LogP contribution in [-0.4, -0.2) is 36.4 Å². The van der Waals surface area contributed by atoms with Crippen molar-refractivity contribution in [3.8, 4) is 0 Å². The minimum atomic E-state index is -0.465. The molecule has 0 aliphatic rings. The van der Waals surface area contributed by atoms with E-state index in [-0.39, 0.29) is 0 Å². The van der Waals surface area contributed by atoms with Crippen LogP contribution in [0.15, 0.2) is 18.3 Å². The number of aromatic nitrogens is 1. The molecule has 0 saturated heterocycles. The highest BCUT2D eigenvalue weighted by Gasteiger charge is 2.12. The number of ether oxygens (including phenoxy) is 1. The zero-order chi connectivity index (χ0) is 12.8. The molecule has 96 valence electrons. The fourth-order valence-corrected chi connectivity index (χ4v) is 1.68. The van der Waals surface area contributed by atoms with Crippen LogP contribution < -0.4 is 4.90 Å².